The van der Waals surface area contributed by atoms with E-state index in [2.05, 4.69) is 31.9 Å². The number of aliphatic imine (C=N–C) groups is 1. The summed E-state index contributed by atoms with van der Waals surface area (Å²) >= 11 is 0. The fourth-order valence-corrected chi connectivity index (χ4v) is 5.37. The molecule has 1 saturated heterocycles. The van der Waals surface area contributed by atoms with E-state index in [4.69, 9.17) is 4.98 Å². The van der Waals surface area contributed by atoms with Crippen LogP contribution in [0, 0.1) is 12.8 Å². The lowest BCUT2D eigenvalue weighted by atomic mass is 9.84. The molecule has 1 aliphatic heterocycles. The molecule has 3 aromatic rings. The molecule has 37 heavy (non-hydrogen) atoms. The Kier molecular flexibility index (Phi) is 6.96. The summed E-state index contributed by atoms with van der Waals surface area (Å²) in [7, 11) is 0. The second kappa shape index (κ2) is 10.2. The lowest BCUT2D eigenvalue weighted by Gasteiger charge is -2.39. The molecule has 4 heterocycles. The number of piperidine rings is 1. The van der Waals surface area contributed by atoms with Crippen molar-refractivity contribution in [1.29, 1.82) is 0 Å². The number of alkyl halides is 2. The minimum absolute atomic E-state index is 0.0241. The number of likely N-dealkylation sites (tertiary alicyclic amines) is 1. The van der Waals surface area contributed by atoms with Crippen LogP contribution in [0.3, 0.4) is 0 Å². The summed E-state index contributed by atoms with van der Waals surface area (Å²) < 4.78 is 28.9. The number of rotatable bonds is 6. The molecule has 0 spiro atoms. The van der Waals surface area contributed by atoms with Gasteiger partial charge in [0.25, 0.3) is 0 Å². The third-order valence-corrected chi connectivity index (χ3v) is 7.52. The molecule has 2 fully saturated rings. The largest absolute Gasteiger partial charge is 0.375 e. The monoisotopic (exact) mass is 507 g/mol. The Morgan fingerprint density at radius 3 is 2.51 bits per heavy atom. The number of nitrogens with zero attached hydrogens (tertiary/aromatic N) is 6. The number of hydrogen-bond acceptors (Lipinski definition) is 6. The van der Waals surface area contributed by atoms with Gasteiger partial charge in [-0.15, -0.1) is 5.10 Å². The van der Waals surface area contributed by atoms with E-state index < -0.39 is 5.92 Å². The van der Waals surface area contributed by atoms with Gasteiger partial charge in [0.15, 0.2) is 0 Å². The number of halogens is 2. The fraction of sp³-hybridized carbons (Fsp3) is 0.500. The second-order valence-electron chi connectivity index (χ2n) is 10.5. The summed E-state index contributed by atoms with van der Waals surface area (Å²) in [6, 6.07) is 6.24. The maximum absolute atomic E-state index is 13.5. The van der Waals surface area contributed by atoms with E-state index in [0.29, 0.717) is 18.8 Å². The van der Waals surface area contributed by atoms with Crippen LogP contribution in [0.25, 0.3) is 16.8 Å². The number of allylic oxidation sites excluding steroid dienone is 1. The zero-order valence-electron chi connectivity index (χ0n) is 21.8. The molecule has 7 nitrogen and oxygen atoms in total. The molecule has 2 aliphatic rings. The van der Waals surface area contributed by atoms with Gasteiger partial charge in [0.1, 0.15) is 0 Å². The molecule has 0 atom stereocenters. The number of hydrogen-bond donors (Lipinski definition) is 1. The third-order valence-electron chi connectivity index (χ3n) is 7.52. The van der Waals surface area contributed by atoms with E-state index in [1.165, 1.54) is 0 Å². The average molecular weight is 508 g/mol. The van der Waals surface area contributed by atoms with Crippen molar-refractivity contribution in [2.75, 3.05) is 18.4 Å². The second-order valence-corrected chi connectivity index (χ2v) is 10.5. The quantitative estimate of drug-likeness (QED) is 0.390. The van der Waals surface area contributed by atoms with Crippen molar-refractivity contribution in [2.45, 2.75) is 71.3 Å². The summed E-state index contributed by atoms with van der Waals surface area (Å²) in [6.45, 7) is 11.9. The zero-order chi connectivity index (χ0) is 26.2. The molecule has 1 aliphatic carbocycles. The number of anilines is 1. The van der Waals surface area contributed by atoms with Crippen LogP contribution in [0.15, 0.2) is 47.9 Å². The van der Waals surface area contributed by atoms with Crippen LogP contribution in [-0.4, -0.2) is 55.2 Å². The zero-order valence-corrected chi connectivity index (χ0v) is 21.8. The first-order chi connectivity index (χ1) is 17.7. The fourth-order valence-electron chi connectivity index (χ4n) is 5.37. The topological polar surface area (TPSA) is 70.7 Å². The van der Waals surface area contributed by atoms with E-state index in [0.717, 1.165) is 65.5 Å². The molecule has 5 rings (SSSR count). The Hall–Kier alpha value is -3.36. The molecule has 1 N–H and O–H groups in total. The Balaban J connectivity index is 1.20. The smallest absolute Gasteiger partial charge is 0.248 e. The van der Waals surface area contributed by atoms with E-state index in [-0.39, 0.29) is 24.8 Å². The van der Waals surface area contributed by atoms with Crippen molar-refractivity contribution < 1.29 is 8.78 Å². The third kappa shape index (κ3) is 5.65. The van der Waals surface area contributed by atoms with Crippen LogP contribution in [0.2, 0.25) is 0 Å². The maximum Gasteiger partial charge on any atom is 0.248 e. The van der Waals surface area contributed by atoms with Crippen LogP contribution in [-0.2, 0) is 0 Å². The van der Waals surface area contributed by atoms with Crippen molar-refractivity contribution in [1.82, 2.24) is 24.5 Å². The predicted molar refractivity (Wildman–Crippen MR) is 144 cm³/mol. The number of aromatic nitrogens is 4. The van der Waals surface area contributed by atoms with E-state index in [1.807, 2.05) is 55.9 Å². The van der Waals surface area contributed by atoms with Gasteiger partial charge in [-0.2, -0.15) is 0 Å². The molecule has 3 aromatic heterocycles. The summed E-state index contributed by atoms with van der Waals surface area (Å²) in [5, 5.41) is 8.16. The minimum Gasteiger partial charge on any atom is -0.375 e. The highest BCUT2D eigenvalue weighted by atomic mass is 19.3. The standard InChI is InChI=1S/C28H35F2N7/c1-18(2)32-24-5-6-25(33-19(24)3)23-11-16-37-26(23)17-31-27(35-37)34-22-9-14-36(15-10-22)20(4)21-7-12-28(29,30)13-8-21/h5-6,11,16-17,21-22H,4,7-10,12-15H2,1-3H3,(H,34,35). The summed E-state index contributed by atoms with van der Waals surface area (Å²) in [5.74, 6) is -1.73. The minimum atomic E-state index is -2.50. The van der Waals surface area contributed by atoms with E-state index in [1.54, 1.807) is 0 Å². The van der Waals surface area contributed by atoms with Crippen molar-refractivity contribution in [3.63, 3.8) is 0 Å². The molecule has 0 aromatic carbocycles. The van der Waals surface area contributed by atoms with E-state index >= 15 is 0 Å². The Morgan fingerprint density at radius 2 is 1.84 bits per heavy atom. The number of pyridine rings is 1. The lowest BCUT2D eigenvalue weighted by molar-refractivity contribution is -0.0444. The average Bonchev–Trinajstić information content (AvgIpc) is 3.28. The molecule has 0 bridgehead atoms. The van der Waals surface area contributed by atoms with Gasteiger partial charge in [0, 0.05) is 55.1 Å². The number of nitrogens with one attached hydrogen (secondary N) is 1. The summed E-state index contributed by atoms with van der Waals surface area (Å²) in [4.78, 5) is 16.2. The molecule has 0 radical (unpaired) electrons. The van der Waals surface area contributed by atoms with Crippen LogP contribution in [0.5, 0.6) is 0 Å². The van der Waals surface area contributed by atoms with Crippen LogP contribution in [0.4, 0.5) is 20.4 Å². The first-order valence-corrected chi connectivity index (χ1v) is 13.1. The maximum atomic E-state index is 13.5. The van der Waals surface area contributed by atoms with Gasteiger partial charge >= 0.3 is 0 Å². The van der Waals surface area contributed by atoms with Crippen LogP contribution < -0.4 is 5.32 Å². The Labute approximate surface area is 216 Å². The SMILES string of the molecule is C=C(C1CCC(F)(F)CC1)N1CCC(Nc2ncc3c(-c4ccc(N=C(C)C)c(C)n4)ccn3n2)CC1. The highest BCUT2D eigenvalue weighted by Crippen LogP contribution is 2.40. The van der Waals surface area contributed by atoms with Gasteiger partial charge in [-0.05, 0) is 70.6 Å². The summed E-state index contributed by atoms with van der Waals surface area (Å²) in [6.07, 6.45) is 6.62. The predicted octanol–water partition coefficient (Wildman–Crippen LogP) is 6.43. The van der Waals surface area contributed by atoms with Crippen molar-refractivity contribution in [3.05, 3.63) is 48.6 Å². The lowest BCUT2D eigenvalue weighted by Crippen LogP contribution is -2.41. The highest BCUT2D eigenvalue weighted by Gasteiger charge is 2.37. The van der Waals surface area contributed by atoms with Gasteiger partial charge in [-0.3, -0.25) is 9.98 Å². The molecular formula is C28H35F2N7. The van der Waals surface area contributed by atoms with Gasteiger partial charge < -0.3 is 10.2 Å². The van der Waals surface area contributed by atoms with Gasteiger partial charge in [0.05, 0.1) is 28.8 Å². The first kappa shape index (κ1) is 25.3. The van der Waals surface area contributed by atoms with E-state index in [9.17, 15) is 8.78 Å². The molecule has 9 heteroatoms. The molecule has 1 saturated carbocycles. The van der Waals surface area contributed by atoms with Crippen molar-refractivity contribution in [3.8, 4) is 11.3 Å². The number of aryl methyl sites for hydroxylation is 1. The van der Waals surface area contributed by atoms with Crippen LogP contribution in [0.1, 0.15) is 58.1 Å². The Bertz CT molecular complexity index is 1310. The normalized spacial score (nSPS) is 18.7. The van der Waals surface area contributed by atoms with Crippen LogP contribution >= 0.6 is 0 Å². The van der Waals surface area contributed by atoms with Crippen molar-refractivity contribution >= 4 is 22.9 Å². The van der Waals surface area contributed by atoms with Gasteiger partial charge in [-0.1, -0.05) is 6.58 Å². The summed E-state index contributed by atoms with van der Waals surface area (Å²) in [5.41, 5.74) is 6.52. The molecule has 0 unspecified atom stereocenters. The molecule has 196 valence electrons. The van der Waals surface area contributed by atoms with Gasteiger partial charge in [-0.25, -0.2) is 18.3 Å². The van der Waals surface area contributed by atoms with Gasteiger partial charge in [0.2, 0.25) is 11.9 Å². The molecular weight excluding hydrogens is 472 g/mol. The highest BCUT2D eigenvalue weighted by molar-refractivity contribution is 5.83. The number of fused-ring (bicyclic) bond motifs is 1. The first-order valence-electron chi connectivity index (χ1n) is 13.1. The Morgan fingerprint density at radius 1 is 1.11 bits per heavy atom. The molecule has 0 amide bonds. The van der Waals surface area contributed by atoms with Crippen molar-refractivity contribution in [2.24, 2.45) is 10.9 Å².